The van der Waals surface area contributed by atoms with Crippen molar-refractivity contribution in [3.05, 3.63) is 0 Å². The number of nitrogens with zero attached hydrogens (tertiary/aromatic N) is 1. The van der Waals surface area contributed by atoms with Gasteiger partial charge in [-0.25, -0.2) is 0 Å². The second-order valence-corrected chi connectivity index (χ2v) is 9.60. The number of imide groups is 1. The fraction of sp³-hybridized carbons (Fsp3) is 0.846. The van der Waals surface area contributed by atoms with Gasteiger partial charge in [-0.2, -0.15) is 0 Å². The summed E-state index contributed by atoms with van der Waals surface area (Å²) in [5.74, 6) is -3.29. The van der Waals surface area contributed by atoms with Crippen LogP contribution in [0.2, 0.25) is 0 Å². The van der Waals surface area contributed by atoms with E-state index in [1.807, 2.05) is 0 Å². The average molecular weight is 517 g/mol. The van der Waals surface area contributed by atoms with Gasteiger partial charge in [0.2, 0.25) is 11.8 Å². The van der Waals surface area contributed by atoms with Crippen LogP contribution in [0.3, 0.4) is 0 Å². The van der Waals surface area contributed by atoms with Crippen molar-refractivity contribution in [2.75, 3.05) is 13.2 Å². The highest BCUT2D eigenvalue weighted by Crippen LogP contribution is 2.23. The molecule has 10 heteroatoms. The largest absolute Gasteiger partial charge is 0.394 e. The van der Waals surface area contributed by atoms with Gasteiger partial charge < -0.3 is 31.0 Å². The molecule has 0 heterocycles. The zero-order valence-electron chi connectivity index (χ0n) is 22.1. The van der Waals surface area contributed by atoms with Crippen LogP contribution in [-0.2, 0) is 19.2 Å². The van der Waals surface area contributed by atoms with E-state index >= 15 is 0 Å². The first-order valence-corrected chi connectivity index (χ1v) is 13.3. The van der Waals surface area contributed by atoms with Gasteiger partial charge in [-0.15, -0.1) is 0 Å². The number of aliphatic hydroxyl groups is 4. The summed E-state index contributed by atoms with van der Waals surface area (Å²) in [5, 5.41) is 40.1. The minimum absolute atomic E-state index is 0.000322. The monoisotopic (exact) mass is 516 g/mol. The zero-order valence-corrected chi connectivity index (χ0v) is 22.1. The molecule has 36 heavy (non-hydrogen) atoms. The minimum Gasteiger partial charge on any atom is -0.394 e. The fourth-order valence-electron chi connectivity index (χ4n) is 4.08. The molecule has 0 saturated carbocycles. The molecule has 0 aromatic heterocycles. The second-order valence-electron chi connectivity index (χ2n) is 9.60. The topological polar surface area (TPSA) is 178 Å². The molecule has 0 aliphatic rings. The first-order valence-electron chi connectivity index (χ1n) is 13.3. The molecule has 0 aliphatic heterocycles. The Morgan fingerprint density at radius 3 is 1.72 bits per heavy atom. The lowest BCUT2D eigenvalue weighted by atomic mass is 9.88. The van der Waals surface area contributed by atoms with Crippen molar-refractivity contribution in [1.29, 1.82) is 0 Å². The lowest BCUT2D eigenvalue weighted by Gasteiger charge is -2.37. The number of rotatable bonds is 22. The molecule has 0 aliphatic carbocycles. The standard InChI is InChI=1S/C26H48N2O8/c1-3-5-7-9-11-13-20(32)15-23(34)26(18-30,19-31)28(25(36)22(27)17-29)24(35)16-21(33)14-12-10-8-6-4-2/h18,20-22,29,31-33H,3-17,19,27H2,1-2H3/t20?,21-,22+,26-/m1/s1. The Balaban J connectivity index is 5.58. The zero-order chi connectivity index (χ0) is 27.6. The Labute approximate surface area is 215 Å². The van der Waals surface area contributed by atoms with Gasteiger partial charge >= 0.3 is 0 Å². The van der Waals surface area contributed by atoms with Gasteiger partial charge in [-0.3, -0.25) is 19.3 Å². The van der Waals surface area contributed by atoms with E-state index in [0.29, 0.717) is 12.8 Å². The van der Waals surface area contributed by atoms with Crippen molar-refractivity contribution in [3.8, 4) is 0 Å². The van der Waals surface area contributed by atoms with Crippen LogP contribution >= 0.6 is 0 Å². The summed E-state index contributed by atoms with van der Waals surface area (Å²) in [6.07, 6.45) is 6.41. The molecule has 0 fully saturated rings. The summed E-state index contributed by atoms with van der Waals surface area (Å²) < 4.78 is 0. The Morgan fingerprint density at radius 2 is 1.31 bits per heavy atom. The number of carbonyl (C=O) groups is 4. The van der Waals surface area contributed by atoms with E-state index in [-0.39, 0.29) is 24.0 Å². The highest BCUT2D eigenvalue weighted by Gasteiger charge is 2.50. The van der Waals surface area contributed by atoms with Gasteiger partial charge in [0, 0.05) is 6.42 Å². The van der Waals surface area contributed by atoms with E-state index in [1.54, 1.807) is 0 Å². The van der Waals surface area contributed by atoms with E-state index in [1.165, 1.54) is 0 Å². The number of hydrogen-bond donors (Lipinski definition) is 5. The molecular formula is C26H48N2O8. The SMILES string of the molecule is CCCCCCCC(O)CC(=O)[C@@](C=O)(CO)N(C(=O)C[C@H](O)CCCCCCC)C(=O)[C@@H](N)CO. The van der Waals surface area contributed by atoms with Gasteiger partial charge in [0.1, 0.15) is 6.04 Å². The van der Waals surface area contributed by atoms with E-state index in [0.717, 1.165) is 51.4 Å². The van der Waals surface area contributed by atoms with Gasteiger partial charge in [0.25, 0.3) is 0 Å². The summed E-state index contributed by atoms with van der Waals surface area (Å²) in [7, 11) is 0. The first kappa shape index (κ1) is 34.3. The van der Waals surface area contributed by atoms with E-state index < -0.39 is 67.4 Å². The number of hydrogen-bond acceptors (Lipinski definition) is 9. The van der Waals surface area contributed by atoms with Crippen molar-refractivity contribution in [1.82, 2.24) is 4.90 Å². The Morgan fingerprint density at radius 1 is 0.833 bits per heavy atom. The summed E-state index contributed by atoms with van der Waals surface area (Å²) in [4.78, 5) is 51.6. The van der Waals surface area contributed by atoms with Crippen LogP contribution in [0.25, 0.3) is 0 Å². The highest BCUT2D eigenvalue weighted by atomic mass is 16.3. The Bertz CT molecular complexity index is 660. The lowest BCUT2D eigenvalue weighted by Crippen LogP contribution is -2.66. The predicted octanol–water partition coefficient (Wildman–Crippen LogP) is 1.38. The molecule has 6 N–H and O–H groups in total. The predicted molar refractivity (Wildman–Crippen MR) is 136 cm³/mol. The second kappa shape index (κ2) is 19.4. The highest BCUT2D eigenvalue weighted by molar-refractivity contribution is 6.12. The average Bonchev–Trinajstić information content (AvgIpc) is 2.85. The fourth-order valence-corrected chi connectivity index (χ4v) is 4.08. The third-order valence-corrected chi connectivity index (χ3v) is 6.41. The lowest BCUT2D eigenvalue weighted by molar-refractivity contribution is -0.165. The number of nitrogens with two attached hydrogens (primary N) is 1. The maximum atomic E-state index is 13.1. The van der Waals surface area contributed by atoms with Crippen LogP contribution in [0, 0.1) is 0 Å². The number of carbonyl (C=O) groups excluding carboxylic acids is 4. The molecule has 0 spiro atoms. The normalized spacial score (nSPS) is 15.5. The molecule has 10 nitrogen and oxygen atoms in total. The number of aldehydes is 1. The van der Waals surface area contributed by atoms with Crippen LogP contribution in [0.5, 0.6) is 0 Å². The number of unbranched alkanes of at least 4 members (excludes halogenated alkanes) is 8. The number of ketones is 1. The van der Waals surface area contributed by atoms with Gasteiger partial charge in [-0.1, -0.05) is 78.1 Å². The number of Topliss-reactive ketones (excluding diaryl/α,β-unsaturated/α-hetero) is 1. The smallest absolute Gasteiger partial charge is 0.249 e. The summed E-state index contributed by atoms with van der Waals surface area (Å²) in [6.45, 7) is 2.08. The van der Waals surface area contributed by atoms with Gasteiger partial charge in [0.15, 0.2) is 17.6 Å². The van der Waals surface area contributed by atoms with Crippen molar-refractivity contribution < 1.29 is 39.6 Å². The molecule has 2 amide bonds. The van der Waals surface area contributed by atoms with Crippen molar-refractivity contribution in [2.24, 2.45) is 5.73 Å². The quantitative estimate of drug-likeness (QED) is 0.0807. The maximum absolute atomic E-state index is 13.1. The van der Waals surface area contributed by atoms with E-state index in [4.69, 9.17) is 5.73 Å². The van der Waals surface area contributed by atoms with Crippen LogP contribution in [0.15, 0.2) is 0 Å². The summed E-state index contributed by atoms with van der Waals surface area (Å²) in [5.41, 5.74) is 3.01. The molecule has 210 valence electrons. The number of aliphatic hydroxyl groups excluding tert-OH is 4. The van der Waals surface area contributed by atoms with Gasteiger partial charge in [-0.05, 0) is 12.8 Å². The molecule has 0 bridgehead atoms. The molecule has 0 aromatic rings. The molecule has 0 saturated heterocycles. The third-order valence-electron chi connectivity index (χ3n) is 6.41. The van der Waals surface area contributed by atoms with Crippen LogP contribution in [0.1, 0.15) is 104 Å². The van der Waals surface area contributed by atoms with E-state index in [9.17, 15) is 39.6 Å². The number of amides is 2. The molecule has 0 aromatic carbocycles. The van der Waals surface area contributed by atoms with Crippen LogP contribution in [-0.4, -0.2) is 86.2 Å². The third kappa shape index (κ3) is 11.6. The molecule has 0 radical (unpaired) electrons. The summed E-state index contributed by atoms with van der Waals surface area (Å²) in [6, 6.07) is -1.62. The van der Waals surface area contributed by atoms with Crippen molar-refractivity contribution in [3.63, 3.8) is 0 Å². The molecular weight excluding hydrogens is 468 g/mol. The first-order chi connectivity index (χ1) is 17.1. The Hall–Kier alpha value is -1.72. The van der Waals surface area contributed by atoms with Crippen molar-refractivity contribution in [2.45, 2.75) is 128 Å². The maximum Gasteiger partial charge on any atom is 0.249 e. The van der Waals surface area contributed by atoms with Crippen LogP contribution in [0.4, 0.5) is 0 Å². The summed E-state index contributed by atoms with van der Waals surface area (Å²) >= 11 is 0. The van der Waals surface area contributed by atoms with E-state index in [2.05, 4.69) is 13.8 Å². The minimum atomic E-state index is -2.61. The Kier molecular flexibility index (Phi) is 18.5. The van der Waals surface area contributed by atoms with Crippen LogP contribution < -0.4 is 5.73 Å². The molecule has 1 unspecified atom stereocenters. The van der Waals surface area contributed by atoms with Crippen molar-refractivity contribution >= 4 is 23.9 Å². The molecule has 4 atom stereocenters. The molecule has 0 rings (SSSR count). The van der Waals surface area contributed by atoms with Gasteiger partial charge in [0.05, 0.1) is 31.8 Å².